The van der Waals surface area contributed by atoms with E-state index in [9.17, 15) is 0 Å². The minimum atomic E-state index is 0.519. The van der Waals surface area contributed by atoms with Crippen LogP contribution in [0.1, 0.15) is 5.56 Å². The van der Waals surface area contributed by atoms with Gasteiger partial charge >= 0.3 is 0 Å². The van der Waals surface area contributed by atoms with E-state index < -0.39 is 0 Å². The molecular weight excluding hydrogens is 138 g/mol. The Hall–Kier alpha value is -0.760. The summed E-state index contributed by atoms with van der Waals surface area (Å²) in [6, 6.07) is 0. The van der Waals surface area contributed by atoms with Crippen molar-refractivity contribution in [2.75, 3.05) is 5.88 Å². The molecule has 0 bridgehead atoms. The fraction of sp³-hybridized carbons (Fsp3) is 0.167. The standard InChI is InChI=1S/C6H6ClNO/c7-3-1-2-6-4-8-9-5-6/h1-2,4-5H,3H2. The van der Waals surface area contributed by atoms with E-state index in [4.69, 9.17) is 11.6 Å². The second-order valence-corrected chi connectivity index (χ2v) is 1.82. The van der Waals surface area contributed by atoms with Gasteiger partial charge in [-0.05, 0) is 0 Å². The second-order valence-electron chi connectivity index (χ2n) is 1.51. The molecule has 48 valence electrons. The molecule has 0 saturated carbocycles. The minimum Gasteiger partial charge on any atom is -0.364 e. The fourth-order valence-electron chi connectivity index (χ4n) is 0.476. The average Bonchev–Trinajstić information content (AvgIpc) is 2.34. The first-order chi connectivity index (χ1) is 4.43. The Morgan fingerprint density at radius 1 is 1.78 bits per heavy atom. The average molecular weight is 144 g/mol. The lowest BCUT2D eigenvalue weighted by molar-refractivity contribution is 0.419. The van der Waals surface area contributed by atoms with Crippen LogP contribution >= 0.6 is 11.6 Å². The maximum atomic E-state index is 5.38. The second kappa shape index (κ2) is 3.30. The van der Waals surface area contributed by atoms with Gasteiger partial charge in [0.05, 0.1) is 6.20 Å². The summed E-state index contributed by atoms with van der Waals surface area (Å²) in [5.41, 5.74) is 0.940. The van der Waals surface area contributed by atoms with Crippen molar-refractivity contribution in [3.8, 4) is 0 Å². The Kier molecular flexibility index (Phi) is 2.33. The first-order valence-corrected chi connectivity index (χ1v) is 3.09. The molecule has 3 heteroatoms. The van der Waals surface area contributed by atoms with Crippen molar-refractivity contribution >= 4 is 17.7 Å². The molecule has 1 rings (SSSR count). The molecule has 0 unspecified atom stereocenters. The molecule has 0 atom stereocenters. The number of allylic oxidation sites excluding steroid dienone is 1. The van der Waals surface area contributed by atoms with E-state index >= 15 is 0 Å². The predicted molar refractivity (Wildman–Crippen MR) is 36.3 cm³/mol. The van der Waals surface area contributed by atoms with Crippen molar-refractivity contribution in [1.82, 2.24) is 5.16 Å². The summed E-state index contributed by atoms with van der Waals surface area (Å²) in [5, 5.41) is 3.51. The van der Waals surface area contributed by atoms with Crippen LogP contribution in [0.3, 0.4) is 0 Å². The molecule has 0 aliphatic heterocycles. The van der Waals surface area contributed by atoms with Gasteiger partial charge in [0, 0.05) is 11.4 Å². The quantitative estimate of drug-likeness (QED) is 0.592. The molecule has 1 heterocycles. The first kappa shape index (κ1) is 6.36. The Morgan fingerprint density at radius 3 is 3.22 bits per heavy atom. The summed E-state index contributed by atoms with van der Waals surface area (Å²) in [6.07, 6.45) is 6.86. The molecule has 0 radical (unpaired) electrons. The third kappa shape index (κ3) is 1.90. The monoisotopic (exact) mass is 143 g/mol. The van der Waals surface area contributed by atoms with E-state index in [1.165, 1.54) is 0 Å². The van der Waals surface area contributed by atoms with Gasteiger partial charge in [-0.2, -0.15) is 0 Å². The zero-order chi connectivity index (χ0) is 6.53. The summed E-state index contributed by atoms with van der Waals surface area (Å²) < 4.78 is 4.57. The molecule has 0 aliphatic rings. The predicted octanol–water partition coefficient (Wildman–Crippen LogP) is 1.93. The zero-order valence-electron chi connectivity index (χ0n) is 4.75. The summed E-state index contributed by atoms with van der Waals surface area (Å²) >= 11 is 5.38. The van der Waals surface area contributed by atoms with Gasteiger partial charge in [0.1, 0.15) is 6.26 Å². The highest BCUT2D eigenvalue weighted by Gasteiger charge is 1.84. The molecule has 0 aromatic carbocycles. The summed E-state index contributed by atoms with van der Waals surface area (Å²) in [5.74, 6) is 0.519. The lowest BCUT2D eigenvalue weighted by Gasteiger charge is -1.74. The molecule has 1 aromatic rings. The van der Waals surface area contributed by atoms with Crippen LogP contribution in [0.5, 0.6) is 0 Å². The Labute approximate surface area is 58.1 Å². The van der Waals surface area contributed by atoms with Crippen molar-refractivity contribution in [2.24, 2.45) is 0 Å². The molecule has 0 N–H and O–H groups in total. The molecule has 0 fully saturated rings. The van der Waals surface area contributed by atoms with Gasteiger partial charge in [-0.1, -0.05) is 17.3 Å². The van der Waals surface area contributed by atoms with Crippen LogP contribution in [0, 0.1) is 0 Å². The van der Waals surface area contributed by atoms with Gasteiger partial charge in [-0.3, -0.25) is 0 Å². The van der Waals surface area contributed by atoms with E-state index in [0.717, 1.165) is 5.56 Å². The molecule has 1 aromatic heterocycles. The fourth-order valence-corrected chi connectivity index (χ4v) is 0.565. The van der Waals surface area contributed by atoms with Gasteiger partial charge in [0.2, 0.25) is 0 Å². The number of hydrogen-bond acceptors (Lipinski definition) is 2. The highest BCUT2D eigenvalue weighted by molar-refractivity contribution is 6.19. The Morgan fingerprint density at radius 2 is 2.67 bits per heavy atom. The maximum absolute atomic E-state index is 5.38. The smallest absolute Gasteiger partial charge is 0.131 e. The molecular formula is C6H6ClNO. The zero-order valence-corrected chi connectivity index (χ0v) is 5.51. The van der Waals surface area contributed by atoms with Crippen molar-refractivity contribution in [3.05, 3.63) is 24.1 Å². The third-order valence-electron chi connectivity index (χ3n) is 0.851. The Balaban J connectivity index is 2.57. The van der Waals surface area contributed by atoms with Crippen molar-refractivity contribution < 1.29 is 4.52 Å². The summed E-state index contributed by atoms with van der Waals surface area (Å²) in [4.78, 5) is 0. The molecule has 0 aliphatic carbocycles. The number of aromatic nitrogens is 1. The third-order valence-corrected chi connectivity index (χ3v) is 1.03. The number of nitrogens with zero attached hydrogens (tertiary/aromatic N) is 1. The van der Waals surface area contributed by atoms with Crippen LogP contribution < -0.4 is 0 Å². The van der Waals surface area contributed by atoms with Crippen LogP contribution in [0.4, 0.5) is 0 Å². The topological polar surface area (TPSA) is 26.0 Å². The van der Waals surface area contributed by atoms with E-state index in [-0.39, 0.29) is 0 Å². The molecule has 0 amide bonds. The minimum absolute atomic E-state index is 0.519. The molecule has 0 spiro atoms. The molecule has 0 saturated heterocycles. The van der Waals surface area contributed by atoms with E-state index in [1.54, 1.807) is 12.5 Å². The van der Waals surface area contributed by atoms with E-state index in [1.807, 2.05) is 12.2 Å². The maximum Gasteiger partial charge on any atom is 0.131 e. The summed E-state index contributed by atoms with van der Waals surface area (Å²) in [7, 11) is 0. The van der Waals surface area contributed by atoms with Crippen molar-refractivity contribution in [1.29, 1.82) is 0 Å². The lowest BCUT2D eigenvalue weighted by atomic mass is 10.3. The van der Waals surface area contributed by atoms with E-state index in [2.05, 4.69) is 9.68 Å². The van der Waals surface area contributed by atoms with Gasteiger partial charge in [0.15, 0.2) is 0 Å². The van der Waals surface area contributed by atoms with Gasteiger partial charge in [-0.15, -0.1) is 11.6 Å². The van der Waals surface area contributed by atoms with Crippen LogP contribution in [-0.4, -0.2) is 11.0 Å². The number of alkyl halides is 1. The highest BCUT2D eigenvalue weighted by atomic mass is 35.5. The first-order valence-electron chi connectivity index (χ1n) is 2.55. The lowest BCUT2D eigenvalue weighted by Crippen LogP contribution is -1.61. The van der Waals surface area contributed by atoms with E-state index in [0.29, 0.717) is 5.88 Å². The summed E-state index contributed by atoms with van der Waals surface area (Å²) in [6.45, 7) is 0. The van der Waals surface area contributed by atoms with Crippen LogP contribution in [0.15, 0.2) is 23.1 Å². The number of halogens is 1. The normalized spacial score (nSPS) is 10.8. The van der Waals surface area contributed by atoms with Gasteiger partial charge in [-0.25, -0.2) is 0 Å². The van der Waals surface area contributed by atoms with Gasteiger partial charge < -0.3 is 4.52 Å². The molecule has 2 nitrogen and oxygen atoms in total. The highest BCUT2D eigenvalue weighted by Crippen LogP contribution is 1.98. The van der Waals surface area contributed by atoms with Gasteiger partial charge in [0.25, 0.3) is 0 Å². The SMILES string of the molecule is ClCC=Cc1cnoc1. The van der Waals surface area contributed by atoms with Crippen LogP contribution in [-0.2, 0) is 0 Å². The largest absolute Gasteiger partial charge is 0.364 e. The molecule has 9 heavy (non-hydrogen) atoms. The number of hydrogen-bond donors (Lipinski definition) is 0. The van der Waals surface area contributed by atoms with Crippen LogP contribution in [0.25, 0.3) is 6.08 Å². The van der Waals surface area contributed by atoms with Crippen molar-refractivity contribution in [2.45, 2.75) is 0 Å². The van der Waals surface area contributed by atoms with Crippen LogP contribution in [0.2, 0.25) is 0 Å². The Bertz CT molecular complexity index is 181. The van der Waals surface area contributed by atoms with Crippen molar-refractivity contribution in [3.63, 3.8) is 0 Å². The number of rotatable bonds is 2.